The van der Waals surface area contributed by atoms with E-state index in [4.69, 9.17) is 9.84 Å². The van der Waals surface area contributed by atoms with Gasteiger partial charge in [0.2, 0.25) is 5.88 Å². The fourth-order valence-electron chi connectivity index (χ4n) is 1.47. The monoisotopic (exact) mass is 232 g/mol. The van der Waals surface area contributed by atoms with Crippen molar-refractivity contribution in [3.63, 3.8) is 0 Å². The predicted octanol–water partition coefficient (Wildman–Crippen LogP) is 1.70. The Morgan fingerprint density at radius 2 is 2.12 bits per heavy atom. The Balaban J connectivity index is 2.14. The lowest BCUT2D eigenvalue weighted by molar-refractivity contribution is 0.0691. The molecule has 0 aliphatic carbocycles. The topological polar surface area (TPSA) is 64.4 Å². The summed E-state index contributed by atoms with van der Waals surface area (Å²) < 4.78 is 6.88. The normalized spacial score (nSPS) is 10.2. The van der Waals surface area contributed by atoms with E-state index in [9.17, 15) is 4.79 Å². The maximum atomic E-state index is 10.9. The van der Waals surface area contributed by atoms with E-state index in [1.807, 2.05) is 30.3 Å². The van der Waals surface area contributed by atoms with Crippen molar-refractivity contribution in [2.45, 2.75) is 6.61 Å². The van der Waals surface area contributed by atoms with Crippen LogP contribution < -0.4 is 4.74 Å². The average Bonchev–Trinajstić information content (AvgIpc) is 2.69. The number of aromatic nitrogens is 2. The Hall–Kier alpha value is -2.30. The van der Waals surface area contributed by atoms with Crippen LogP contribution in [-0.2, 0) is 13.7 Å². The van der Waals surface area contributed by atoms with E-state index < -0.39 is 5.97 Å². The molecular formula is C12H12N2O3. The van der Waals surface area contributed by atoms with Gasteiger partial charge in [-0.05, 0) is 5.56 Å². The maximum Gasteiger partial charge on any atom is 0.342 e. The molecule has 5 nitrogen and oxygen atoms in total. The van der Waals surface area contributed by atoms with Gasteiger partial charge >= 0.3 is 5.97 Å². The molecule has 1 aromatic carbocycles. The van der Waals surface area contributed by atoms with Crippen LogP contribution in [0.3, 0.4) is 0 Å². The van der Waals surface area contributed by atoms with Crippen molar-refractivity contribution in [3.8, 4) is 5.88 Å². The smallest absolute Gasteiger partial charge is 0.342 e. The van der Waals surface area contributed by atoms with Gasteiger partial charge in [-0.3, -0.25) is 0 Å². The Bertz CT molecular complexity index is 520. The lowest BCUT2D eigenvalue weighted by Gasteiger charge is -2.07. The van der Waals surface area contributed by atoms with Crippen molar-refractivity contribution in [2.24, 2.45) is 7.05 Å². The molecule has 17 heavy (non-hydrogen) atoms. The fourth-order valence-corrected chi connectivity index (χ4v) is 1.47. The minimum atomic E-state index is -1.04. The van der Waals surface area contributed by atoms with Crippen molar-refractivity contribution in [1.82, 2.24) is 9.78 Å². The molecule has 1 aromatic heterocycles. The zero-order chi connectivity index (χ0) is 12.3. The summed E-state index contributed by atoms with van der Waals surface area (Å²) in [7, 11) is 1.65. The molecule has 0 saturated carbocycles. The number of ether oxygens (including phenoxy) is 1. The minimum absolute atomic E-state index is 0.0726. The maximum absolute atomic E-state index is 10.9. The van der Waals surface area contributed by atoms with E-state index in [0.717, 1.165) is 5.56 Å². The van der Waals surface area contributed by atoms with Gasteiger partial charge in [0.1, 0.15) is 12.2 Å². The number of carboxylic acid groups (broad SMARTS) is 1. The lowest BCUT2D eigenvalue weighted by atomic mass is 10.2. The highest BCUT2D eigenvalue weighted by Gasteiger charge is 2.16. The fraction of sp³-hybridized carbons (Fsp3) is 0.167. The molecule has 0 atom stereocenters. The van der Waals surface area contributed by atoms with E-state index >= 15 is 0 Å². The van der Waals surface area contributed by atoms with Crippen LogP contribution >= 0.6 is 0 Å². The van der Waals surface area contributed by atoms with Crippen LogP contribution in [0.15, 0.2) is 36.5 Å². The summed E-state index contributed by atoms with van der Waals surface area (Å²) in [5, 5.41) is 12.8. The highest BCUT2D eigenvalue weighted by molar-refractivity contribution is 5.89. The molecule has 0 spiro atoms. The third kappa shape index (κ3) is 2.44. The summed E-state index contributed by atoms with van der Waals surface area (Å²) in [5.74, 6) is -0.775. The first kappa shape index (κ1) is 11.2. The Morgan fingerprint density at radius 1 is 1.41 bits per heavy atom. The van der Waals surface area contributed by atoms with E-state index in [-0.39, 0.29) is 11.4 Å². The number of nitrogens with zero attached hydrogens (tertiary/aromatic N) is 2. The van der Waals surface area contributed by atoms with Gasteiger partial charge in [0.15, 0.2) is 0 Å². The van der Waals surface area contributed by atoms with Crippen LogP contribution in [0.1, 0.15) is 15.9 Å². The van der Waals surface area contributed by atoms with Crippen molar-refractivity contribution in [3.05, 3.63) is 47.7 Å². The minimum Gasteiger partial charge on any atom is -0.477 e. The van der Waals surface area contributed by atoms with Gasteiger partial charge in [0.25, 0.3) is 0 Å². The molecule has 0 fully saturated rings. The van der Waals surface area contributed by atoms with E-state index in [1.165, 1.54) is 10.9 Å². The number of rotatable bonds is 4. The molecule has 88 valence electrons. The second-order valence-electron chi connectivity index (χ2n) is 3.57. The second-order valence-corrected chi connectivity index (χ2v) is 3.57. The van der Waals surface area contributed by atoms with Crippen LogP contribution in [0.5, 0.6) is 5.88 Å². The molecule has 2 rings (SSSR count). The third-order valence-corrected chi connectivity index (χ3v) is 2.33. The lowest BCUT2D eigenvalue weighted by Crippen LogP contribution is -2.05. The molecule has 1 heterocycles. The Morgan fingerprint density at radius 3 is 2.76 bits per heavy atom. The molecule has 1 N–H and O–H groups in total. The van der Waals surface area contributed by atoms with Crippen LogP contribution in [-0.4, -0.2) is 20.9 Å². The highest BCUT2D eigenvalue weighted by Crippen LogP contribution is 2.18. The number of hydrogen-bond donors (Lipinski definition) is 1. The molecule has 0 saturated heterocycles. The summed E-state index contributed by atoms with van der Waals surface area (Å²) in [6.07, 6.45) is 1.28. The first-order valence-electron chi connectivity index (χ1n) is 5.10. The van der Waals surface area contributed by atoms with Gasteiger partial charge in [0.05, 0.1) is 6.20 Å². The van der Waals surface area contributed by atoms with E-state index in [1.54, 1.807) is 7.05 Å². The number of carbonyl (C=O) groups is 1. The second kappa shape index (κ2) is 4.69. The van der Waals surface area contributed by atoms with Crippen molar-refractivity contribution < 1.29 is 14.6 Å². The molecule has 0 radical (unpaired) electrons. The first-order chi connectivity index (χ1) is 8.18. The van der Waals surface area contributed by atoms with Crippen LogP contribution in [0.2, 0.25) is 0 Å². The number of benzene rings is 1. The van der Waals surface area contributed by atoms with Crippen molar-refractivity contribution in [2.75, 3.05) is 0 Å². The quantitative estimate of drug-likeness (QED) is 0.871. The largest absolute Gasteiger partial charge is 0.477 e. The van der Waals surface area contributed by atoms with E-state index in [0.29, 0.717) is 6.61 Å². The van der Waals surface area contributed by atoms with Gasteiger partial charge in [0, 0.05) is 7.05 Å². The molecular weight excluding hydrogens is 220 g/mol. The molecule has 5 heteroatoms. The Labute approximate surface area is 98.3 Å². The van der Waals surface area contributed by atoms with E-state index in [2.05, 4.69) is 5.10 Å². The van der Waals surface area contributed by atoms with Gasteiger partial charge in [-0.25, -0.2) is 9.48 Å². The number of carboxylic acids is 1. The van der Waals surface area contributed by atoms with Crippen LogP contribution in [0.4, 0.5) is 0 Å². The highest BCUT2D eigenvalue weighted by atomic mass is 16.5. The van der Waals surface area contributed by atoms with Crippen molar-refractivity contribution in [1.29, 1.82) is 0 Å². The molecule has 2 aromatic rings. The van der Waals surface area contributed by atoms with Gasteiger partial charge in [-0.15, -0.1) is 0 Å². The Kier molecular flexibility index (Phi) is 3.09. The summed E-state index contributed by atoms with van der Waals surface area (Å²) in [6.45, 7) is 0.320. The predicted molar refractivity (Wildman–Crippen MR) is 60.9 cm³/mol. The number of aromatic carboxylic acids is 1. The third-order valence-electron chi connectivity index (χ3n) is 2.33. The summed E-state index contributed by atoms with van der Waals surface area (Å²) >= 11 is 0. The summed E-state index contributed by atoms with van der Waals surface area (Å²) in [4.78, 5) is 10.9. The molecule has 0 amide bonds. The summed E-state index contributed by atoms with van der Waals surface area (Å²) in [6, 6.07) is 9.55. The zero-order valence-corrected chi connectivity index (χ0v) is 9.33. The van der Waals surface area contributed by atoms with Gasteiger partial charge in [-0.1, -0.05) is 30.3 Å². The van der Waals surface area contributed by atoms with Gasteiger partial charge in [-0.2, -0.15) is 5.10 Å². The molecule has 0 aliphatic heterocycles. The summed E-state index contributed by atoms with van der Waals surface area (Å²) in [5.41, 5.74) is 1.05. The first-order valence-corrected chi connectivity index (χ1v) is 5.10. The SMILES string of the molecule is Cn1ncc(C(=O)O)c1OCc1ccccc1. The van der Waals surface area contributed by atoms with Crippen LogP contribution in [0.25, 0.3) is 0 Å². The average molecular weight is 232 g/mol. The zero-order valence-electron chi connectivity index (χ0n) is 9.33. The molecule has 0 unspecified atom stereocenters. The number of aryl methyl sites for hydroxylation is 1. The molecule has 0 bridgehead atoms. The number of hydrogen-bond acceptors (Lipinski definition) is 3. The van der Waals surface area contributed by atoms with Crippen LogP contribution in [0, 0.1) is 0 Å². The molecule has 0 aliphatic rings. The van der Waals surface area contributed by atoms with Gasteiger partial charge < -0.3 is 9.84 Å². The van der Waals surface area contributed by atoms with Crippen molar-refractivity contribution >= 4 is 5.97 Å². The standard InChI is InChI=1S/C12H12N2O3/c1-14-11(10(7-13-14)12(15)16)17-8-9-5-3-2-4-6-9/h2-7H,8H2,1H3,(H,15,16).